The molecule has 106 valence electrons. The Balaban J connectivity index is 2.68. The largest absolute Gasteiger partial charge is 0.495 e. The molecule has 0 aliphatic rings. The molecule has 0 aliphatic heterocycles. The summed E-state index contributed by atoms with van der Waals surface area (Å²) in [6.07, 6.45) is -0.0117. The second kappa shape index (κ2) is 7.10. The van der Waals surface area contributed by atoms with Gasteiger partial charge in [0.05, 0.1) is 20.1 Å². The Hall–Kier alpha value is -1.60. The van der Waals surface area contributed by atoms with E-state index in [9.17, 15) is 13.2 Å². The van der Waals surface area contributed by atoms with E-state index in [0.29, 0.717) is 0 Å². The van der Waals surface area contributed by atoms with Crippen molar-refractivity contribution in [2.45, 2.75) is 18.2 Å². The Morgan fingerprint density at radius 2 is 2.00 bits per heavy atom. The van der Waals surface area contributed by atoms with Gasteiger partial charge in [-0.3, -0.25) is 4.79 Å². The molecule has 0 aliphatic carbocycles. The lowest BCUT2D eigenvalue weighted by atomic mass is 10.3. The molecule has 0 amide bonds. The Labute approximate surface area is 112 Å². The van der Waals surface area contributed by atoms with Crippen LogP contribution in [0.2, 0.25) is 0 Å². The zero-order chi connectivity index (χ0) is 14.3. The van der Waals surface area contributed by atoms with E-state index in [1.807, 2.05) is 0 Å². The van der Waals surface area contributed by atoms with Crippen LogP contribution in [-0.4, -0.2) is 34.6 Å². The summed E-state index contributed by atoms with van der Waals surface area (Å²) in [5.41, 5.74) is 0. The Bertz CT molecular complexity index is 527. The van der Waals surface area contributed by atoms with Gasteiger partial charge in [-0.05, 0) is 19.1 Å². The van der Waals surface area contributed by atoms with Crippen molar-refractivity contribution >= 4 is 16.0 Å². The standard InChI is InChI=1S/C12H17NO5S/c1-3-18-12(14)8-9-13-19(15,16)11-7-5-4-6-10(11)17-2/h4-7,13H,3,8-9H2,1-2H3. The summed E-state index contributed by atoms with van der Waals surface area (Å²) in [5.74, 6) is -0.184. The quantitative estimate of drug-likeness (QED) is 0.754. The predicted octanol–water partition coefficient (Wildman–Crippen LogP) is 0.927. The molecule has 6 nitrogen and oxygen atoms in total. The number of methoxy groups -OCH3 is 1. The molecule has 0 saturated heterocycles. The van der Waals surface area contributed by atoms with Crippen LogP contribution in [0.25, 0.3) is 0 Å². The Morgan fingerprint density at radius 1 is 1.32 bits per heavy atom. The first kappa shape index (κ1) is 15.5. The topological polar surface area (TPSA) is 81.7 Å². The van der Waals surface area contributed by atoms with E-state index in [-0.39, 0.29) is 30.2 Å². The van der Waals surface area contributed by atoms with Crippen molar-refractivity contribution in [1.29, 1.82) is 0 Å². The highest BCUT2D eigenvalue weighted by atomic mass is 32.2. The minimum Gasteiger partial charge on any atom is -0.495 e. The molecular formula is C12H17NO5S. The van der Waals surface area contributed by atoms with Crippen LogP contribution in [0, 0.1) is 0 Å². The zero-order valence-corrected chi connectivity index (χ0v) is 11.7. The normalized spacial score (nSPS) is 11.1. The number of carbonyl (C=O) groups excluding carboxylic acids is 1. The molecule has 0 unspecified atom stereocenters. The van der Waals surface area contributed by atoms with Crippen molar-refractivity contribution in [2.75, 3.05) is 20.3 Å². The first-order valence-corrected chi connectivity index (χ1v) is 7.28. The third-order valence-electron chi connectivity index (χ3n) is 2.29. The summed E-state index contributed by atoms with van der Waals surface area (Å²) in [5, 5.41) is 0. The molecule has 7 heteroatoms. The van der Waals surface area contributed by atoms with Crippen LogP contribution in [0.4, 0.5) is 0 Å². The zero-order valence-electron chi connectivity index (χ0n) is 10.9. The smallest absolute Gasteiger partial charge is 0.307 e. The lowest BCUT2D eigenvalue weighted by molar-refractivity contribution is -0.142. The number of ether oxygens (including phenoxy) is 2. The molecular weight excluding hydrogens is 270 g/mol. The van der Waals surface area contributed by atoms with Crippen molar-refractivity contribution in [1.82, 2.24) is 4.72 Å². The first-order chi connectivity index (χ1) is 9.01. The van der Waals surface area contributed by atoms with Crippen molar-refractivity contribution in [2.24, 2.45) is 0 Å². The monoisotopic (exact) mass is 287 g/mol. The molecule has 1 aromatic carbocycles. The molecule has 19 heavy (non-hydrogen) atoms. The fraction of sp³-hybridized carbons (Fsp3) is 0.417. The maximum absolute atomic E-state index is 12.0. The van der Waals surface area contributed by atoms with Gasteiger partial charge in [-0.1, -0.05) is 12.1 Å². The van der Waals surface area contributed by atoms with Crippen molar-refractivity contribution in [3.05, 3.63) is 24.3 Å². The molecule has 0 spiro atoms. The minimum atomic E-state index is -3.70. The predicted molar refractivity (Wildman–Crippen MR) is 69.4 cm³/mol. The van der Waals surface area contributed by atoms with E-state index in [4.69, 9.17) is 9.47 Å². The third kappa shape index (κ3) is 4.53. The molecule has 0 fully saturated rings. The second-order valence-corrected chi connectivity index (χ2v) is 5.34. The number of nitrogens with one attached hydrogen (secondary N) is 1. The van der Waals surface area contributed by atoms with E-state index in [0.717, 1.165) is 0 Å². The molecule has 1 N–H and O–H groups in total. The van der Waals surface area contributed by atoms with Crippen LogP contribution in [0.15, 0.2) is 29.2 Å². The Kier molecular flexibility index (Phi) is 5.78. The van der Waals surface area contributed by atoms with Crippen LogP contribution < -0.4 is 9.46 Å². The van der Waals surface area contributed by atoms with Gasteiger partial charge in [0.25, 0.3) is 0 Å². The number of esters is 1. The van der Waals surface area contributed by atoms with E-state index in [1.54, 1.807) is 25.1 Å². The molecule has 0 saturated carbocycles. The third-order valence-corrected chi connectivity index (χ3v) is 3.79. The molecule has 0 aromatic heterocycles. The van der Waals surface area contributed by atoms with Crippen molar-refractivity contribution in [3.63, 3.8) is 0 Å². The molecule has 1 aromatic rings. The van der Waals surface area contributed by atoms with Crippen LogP contribution in [0.5, 0.6) is 5.75 Å². The molecule has 0 heterocycles. The summed E-state index contributed by atoms with van der Waals surface area (Å²) in [6, 6.07) is 6.27. The lowest BCUT2D eigenvalue weighted by Crippen LogP contribution is -2.27. The number of hydrogen-bond acceptors (Lipinski definition) is 5. The number of para-hydroxylation sites is 1. The average Bonchev–Trinajstić information content (AvgIpc) is 2.38. The number of carbonyl (C=O) groups is 1. The van der Waals surface area contributed by atoms with Gasteiger partial charge >= 0.3 is 5.97 Å². The summed E-state index contributed by atoms with van der Waals surface area (Å²) in [6.45, 7) is 1.95. The van der Waals surface area contributed by atoms with Gasteiger partial charge in [0.2, 0.25) is 10.0 Å². The van der Waals surface area contributed by atoms with Crippen LogP contribution in [0.3, 0.4) is 0 Å². The van der Waals surface area contributed by atoms with Gasteiger partial charge in [0.1, 0.15) is 10.6 Å². The van der Waals surface area contributed by atoms with Gasteiger partial charge in [-0.15, -0.1) is 0 Å². The van der Waals surface area contributed by atoms with Gasteiger partial charge in [0, 0.05) is 6.54 Å². The van der Waals surface area contributed by atoms with E-state index in [1.165, 1.54) is 13.2 Å². The van der Waals surface area contributed by atoms with E-state index in [2.05, 4.69) is 4.72 Å². The van der Waals surface area contributed by atoms with Crippen molar-refractivity contribution in [3.8, 4) is 5.75 Å². The van der Waals surface area contributed by atoms with E-state index >= 15 is 0 Å². The maximum Gasteiger partial charge on any atom is 0.307 e. The first-order valence-electron chi connectivity index (χ1n) is 5.79. The fourth-order valence-corrected chi connectivity index (χ4v) is 2.64. The van der Waals surface area contributed by atoms with Crippen molar-refractivity contribution < 1.29 is 22.7 Å². The van der Waals surface area contributed by atoms with Crippen LogP contribution >= 0.6 is 0 Å². The highest BCUT2D eigenvalue weighted by Gasteiger charge is 2.18. The van der Waals surface area contributed by atoms with Gasteiger partial charge < -0.3 is 9.47 Å². The summed E-state index contributed by atoms with van der Waals surface area (Å²) in [7, 11) is -2.30. The molecule has 0 radical (unpaired) electrons. The Morgan fingerprint density at radius 3 is 2.63 bits per heavy atom. The highest BCUT2D eigenvalue weighted by Crippen LogP contribution is 2.22. The number of hydrogen-bond donors (Lipinski definition) is 1. The molecule has 0 bridgehead atoms. The number of benzene rings is 1. The van der Waals surface area contributed by atoms with Crippen LogP contribution in [-0.2, 0) is 19.6 Å². The molecule has 0 atom stereocenters. The lowest BCUT2D eigenvalue weighted by Gasteiger charge is -2.10. The van der Waals surface area contributed by atoms with Crippen LogP contribution in [0.1, 0.15) is 13.3 Å². The van der Waals surface area contributed by atoms with E-state index < -0.39 is 16.0 Å². The number of sulfonamides is 1. The SMILES string of the molecule is CCOC(=O)CCNS(=O)(=O)c1ccccc1OC. The summed E-state index contributed by atoms with van der Waals surface area (Å²) < 4.78 is 36.0. The fourth-order valence-electron chi connectivity index (χ4n) is 1.44. The number of rotatable bonds is 7. The average molecular weight is 287 g/mol. The highest BCUT2D eigenvalue weighted by molar-refractivity contribution is 7.89. The van der Waals surface area contributed by atoms with Gasteiger partial charge in [-0.2, -0.15) is 0 Å². The maximum atomic E-state index is 12.0. The summed E-state index contributed by atoms with van der Waals surface area (Å²) >= 11 is 0. The van der Waals surface area contributed by atoms with Gasteiger partial charge in [-0.25, -0.2) is 13.1 Å². The minimum absolute atomic E-state index is 0.0117. The van der Waals surface area contributed by atoms with Gasteiger partial charge in [0.15, 0.2) is 0 Å². The second-order valence-electron chi connectivity index (χ2n) is 3.60. The summed E-state index contributed by atoms with van der Waals surface area (Å²) in [4.78, 5) is 11.1. The molecule has 1 rings (SSSR count).